The zero-order chi connectivity index (χ0) is 14.7. The number of nitrogens with zero attached hydrogens (tertiary/aromatic N) is 2. The van der Waals surface area contributed by atoms with Crippen LogP contribution < -0.4 is 0 Å². The van der Waals surface area contributed by atoms with Crippen LogP contribution in [-0.2, 0) is 17.6 Å². The van der Waals surface area contributed by atoms with Crippen LogP contribution in [0.15, 0.2) is 24.3 Å². The van der Waals surface area contributed by atoms with Gasteiger partial charge in [0.1, 0.15) is 0 Å². The van der Waals surface area contributed by atoms with E-state index in [4.69, 9.17) is 5.11 Å². The molecule has 0 spiro atoms. The van der Waals surface area contributed by atoms with Crippen molar-refractivity contribution < 1.29 is 14.8 Å². The fourth-order valence-corrected chi connectivity index (χ4v) is 2.80. The maximum Gasteiger partial charge on any atom is 0.308 e. The second-order valence-corrected chi connectivity index (χ2v) is 5.28. The molecule has 0 aliphatic carbocycles. The lowest BCUT2D eigenvalue weighted by Gasteiger charge is -2.00. The van der Waals surface area contributed by atoms with Gasteiger partial charge in [-0.1, -0.05) is 6.92 Å². The van der Waals surface area contributed by atoms with E-state index >= 15 is 0 Å². The molecule has 1 N–H and O–H groups in total. The van der Waals surface area contributed by atoms with E-state index < -0.39 is 10.9 Å². The molecule has 20 heavy (non-hydrogen) atoms. The van der Waals surface area contributed by atoms with Crippen molar-refractivity contribution in [1.82, 2.24) is 4.98 Å². The Bertz CT molecular complexity index is 649. The number of nitro benzene ring substituents is 1. The molecule has 0 saturated carbocycles. The van der Waals surface area contributed by atoms with Crippen LogP contribution in [-0.4, -0.2) is 21.0 Å². The van der Waals surface area contributed by atoms with Crippen molar-refractivity contribution in [2.75, 3.05) is 0 Å². The molecule has 0 radical (unpaired) electrons. The topological polar surface area (TPSA) is 93.3 Å². The summed E-state index contributed by atoms with van der Waals surface area (Å²) in [4.78, 5) is 26.1. The van der Waals surface area contributed by atoms with E-state index in [1.165, 1.54) is 23.5 Å². The highest BCUT2D eigenvalue weighted by Crippen LogP contribution is 2.30. The molecule has 0 amide bonds. The van der Waals surface area contributed by atoms with Crippen LogP contribution in [0.4, 0.5) is 5.69 Å². The average Bonchev–Trinajstić information content (AvgIpc) is 2.81. The standard InChI is InChI=1S/C13H12N2O4S/c1-2-11-14-13(10(20-11)7-12(16)17)8-3-5-9(6-4-8)15(18)19/h3-6H,2,7H2,1H3,(H,16,17). The van der Waals surface area contributed by atoms with Gasteiger partial charge in [0, 0.05) is 22.6 Å². The van der Waals surface area contributed by atoms with Crippen molar-refractivity contribution in [3.05, 3.63) is 44.3 Å². The second-order valence-electron chi connectivity index (χ2n) is 4.11. The summed E-state index contributed by atoms with van der Waals surface area (Å²) in [5.74, 6) is -0.917. The van der Waals surface area contributed by atoms with Crippen LogP contribution >= 0.6 is 11.3 Å². The van der Waals surface area contributed by atoms with Crippen LogP contribution in [0.1, 0.15) is 16.8 Å². The molecule has 6 nitrogen and oxygen atoms in total. The van der Waals surface area contributed by atoms with Gasteiger partial charge in [-0.05, 0) is 18.6 Å². The minimum Gasteiger partial charge on any atom is -0.481 e. The van der Waals surface area contributed by atoms with E-state index in [9.17, 15) is 14.9 Å². The molecular weight excluding hydrogens is 280 g/mol. The van der Waals surface area contributed by atoms with E-state index in [2.05, 4.69) is 4.98 Å². The summed E-state index contributed by atoms with van der Waals surface area (Å²) in [6.45, 7) is 1.95. The molecule has 2 rings (SSSR count). The molecule has 0 bridgehead atoms. The molecule has 0 fully saturated rings. The van der Waals surface area contributed by atoms with Crippen LogP contribution in [0, 0.1) is 10.1 Å². The third-order valence-electron chi connectivity index (χ3n) is 2.71. The largest absolute Gasteiger partial charge is 0.481 e. The highest BCUT2D eigenvalue weighted by Gasteiger charge is 2.16. The number of carbonyl (C=O) groups is 1. The maximum absolute atomic E-state index is 10.9. The Morgan fingerprint density at radius 2 is 2.05 bits per heavy atom. The first kappa shape index (κ1) is 14.1. The third-order valence-corrected chi connectivity index (χ3v) is 3.91. The molecule has 1 heterocycles. The van der Waals surface area contributed by atoms with Crippen LogP contribution in [0.3, 0.4) is 0 Å². The Hall–Kier alpha value is -2.28. The zero-order valence-electron chi connectivity index (χ0n) is 10.7. The Kier molecular flexibility index (Phi) is 4.09. The Balaban J connectivity index is 2.42. The number of hydrogen-bond acceptors (Lipinski definition) is 5. The number of rotatable bonds is 5. The number of non-ortho nitro benzene ring substituents is 1. The van der Waals surface area contributed by atoms with Crippen molar-refractivity contribution in [2.45, 2.75) is 19.8 Å². The number of hydrogen-bond donors (Lipinski definition) is 1. The summed E-state index contributed by atoms with van der Waals surface area (Å²) in [6.07, 6.45) is 0.633. The molecule has 2 aromatic rings. The average molecular weight is 292 g/mol. The van der Waals surface area contributed by atoms with E-state index in [0.717, 1.165) is 11.4 Å². The summed E-state index contributed by atoms with van der Waals surface area (Å²) < 4.78 is 0. The molecule has 1 aromatic heterocycles. The quantitative estimate of drug-likeness (QED) is 0.675. The SMILES string of the molecule is CCc1nc(-c2ccc([N+](=O)[O-])cc2)c(CC(=O)O)s1. The summed E-state index contributed by atoms with van der Waals surface area (Å²) >= 11 is 1.37. The van der Waals surface area contributed by atoms with Gasteiger partial charge in [-0.15, -0.1) is 11.3 Å². The first-order valence-corrected chi connectivity index (χ1v) is 6.78. The van der Waals surface area contributed by atoms with Crippen LogP contribution in [0.25, 0.3) is 11.3 Å². The number of carboxylic acid groups (broad SMARTS) is 1. The van der Waals surface area contributed by atoms with Gasteiger partial charge in [0.15, 0.2) is 0 Å². The summed E-state index contributed by atoms with van der Waals surface area (Å²) in [5, 5.41) is 20.4. The number of benzene rings is 1. The predicted octanol–water partition coefficient (Wildman–Crippen LogP) is 2.91. The van der Waals surface area contributed by atoms with Gasteiger partial charge >= 0.3 is 5.97 Å². The van der Waals surface area contributed by atoms with Crippen molar-refractivity contribution in [3.63, 3.8) is 0 Å². The summed E-state index contributed by atoms with van der Waals surface area (Å²) in [7, 11) is 0. The molecule has 104 valence electrons. The number of aromatic nitrogens is 1. The lowest BCUT2D eigenvalue weighted by atomic mass is 10.1. The molecule has 0 aliphatic heterocycles. The Morgan fingerprint density at radius 1 is 1.40 bits per heavy atom. The minimum absolute atomic E-state index is 0.000482. The first-order valence-electron chi connectivity index (χ1n) is 5.96. The van der Waals surface area contributed by atoms with Gasteiger partial charge in [0.25, 0.3) is 5.69 Å². The van der Waals surface area contributed by atoms with Crippen molar-refractivity contribution in [3.8, 4) is 11.3 Å². The number of nitro groups is 1. The highest BCUT2D eigenvalue weighted by atomic mass is 32.1. The first-order chi connectivity index (χ1) is 9.51. The fraction of sp³-hybridized carbons (Fsp3) is 0.231. The molecule has 7 heteroatoms. The van der Waals surface area contributed by atoms with Gasteiger partial charge < -0.3 is 5.11 Å². The van der Waals surface area contributed by atoms with Crippen molar-refractivity contribution >= 4 is 23.0 Å². The van der Waals surface area contributed by atoms with E-state index in [1.807, 2.05) is 6.92 Å². The van der Waals surface area contributed by atoms with E-state index in [-0.39, 0.29) is 12.1 Å². The van der Waals surface area contributed by atoms with Gasteiger partial charge in [0.05, 0.1) is 22.0 Å². The van der Waals surface area contributed by atoms with E-state index in [1.54, 1.807) is 12.1 Å². The maximum atomic E-state index is 10.9. The zero-order valence-corrected chi connectivity index (χ0v) is 11.5. The Morgan fingerprint density at radius 3 is 2.55 bits per heavy atom. The summed E-state index contributed by atoms with van der Waals surface area (Å²) in [5.41, 5.74) is 1.30. The fourth-order valence-electron chi connectivity index (χ4n) is 1.78. The van der Waals surface area contributed by atoms with Gasteiger partial charge in [0.2, 0.25) is 0 Å². The number of aryl methyl sites for hydroxylation is 1. The van der Waals surface area contributed by atoms with Crippen molar-refractivity contribution in [1.29, 1.82) is 0 Å². The monoisotopic (exact) mass is 292 g/mol. The second kappa shape index (κ2) is 5.79. The number of carboxylic acids is 1. The van der Waals surface area contributed by atoms with Crippen LogP contribution in [0.5, 0.6) is 0 Å². The lowest BCUT2D eigenvalue weighted by molar-refractivity contribution is -0.384. The molecule has 1 aromatic carbocycles. The molecule has 0 aliphatic rings. The predicted molar refractivity (Wildman–Crippen MR) is 74.9 cm³/mol. The smallest absolute Gasteiger partial charge is 0.308 e. The molecule has 0 saturated heterocycles. The summed E-state index contributed by atoms with van der Waals surface area (Å²) in [6, 6.07) is 5.98. The highest BCUT2D eigenvalue weighted by molar-refractivity contribution is 7.12. The van der Waals surface area contributed by atoms with Gasteiger partial charge in [-0.25, -0.2) is 4.98 Å². The van der Waals surface area contributed by atoms with Crippen LogP contribution in [0.2, 0.25) is 0 Å². The lowest BCUT2D eigenvalue weighted by Crippen LogP contribution is -1.99. The van der Waals surface area contributed by atoms with Gasteiger partial charge in [-0.3, -0.25) is 14.9 Å². The van der Waals surface area contributed by atoms with Gasteiger partial charge in [-0.2, -0.15) is 0 Å². The minimum atomic E-state index is -0.917. The Labute approximate surface area is 118 Å². The number of thiazole rings is 1. The van der Waals surface area contributed by atoms with Crippen molar-refractivity contribution in [2.24, 2.45) is 0 Å². The third kappa shape index (κ3) is 3.00. The molecule has 0 atom stereocenters. The van der Waals surface area contributed by atoms with E-state index in [0.29, 0.717) is 16.1 Å². The number of aliphatic carboxylic acids is 1. The molecular formula is C13H12N2O4S. The normalized spacial score (nSPS) is 10.4. The molecule has 0 unspecified atom stereocenters.